The zero-order valence-electron chi connectivity index (χ0n) is 16.6. The second-order valence-electron chi connectivity index (χ2n) is 8.40. The molecule has 2 aromatic rings. The van der Waals surface area contributed by atoms with Crippen molar-refractivity contribution in [3.63, 3.8) is 0 Å². The Bertz CT molecular complexity index is 1210. The smallest absolute Gasteiger partial charge is 0.255 e. The van der Waals surface area contributed by atoms with Crippen LogP contribution in [0, 0.1) is 29.0 Å². The van der Waals surface area contributed by atoms with Crippen LogP contribution in [-0.4, -0.2) is 30.3 Å². The predicted octanol–water partition coefficient (Wildman–Crippen LogP) is 3.93. The second kappa shape index (κ2) is 7.59. The quantitative estimate of drug-likeness (QED) is 0.715. The van der Waals surface area contributed by atoms with E-state index in [0.29, 0.717) is 12.8 Å². The van der Waals surface area contributed by atoms with Gasteiger partial charge in [-0.15, -0.1) is 0 Å². The number of nitrogens with one attached hydrogen (secondary N) is 1. The molecule has 0 aliphatic heterocycles. The van der Waals surface area contributed by atoms with Gasteiger partial charge >= 0.3 is 0 Å². The van der Waals surface area contributed by atoms with Crippen molar-refractivity contribution < 1.29 is 22.7 Å². The highest BCUT2D eigenvalue weighted by Crippen LogP contribution is 2.55. The van der Waals surface area contributed by atoms with Crippen molar-refractivity contribution in [3.05, 3.63) is 58.4 Å². The van der Waals surface area contributed by atoms with Crippen LogP contribution in [0.1, 0.15) is 42.1 Å². The van der Waals surface area contributed by atoms with Gasteiger partial charge in [0.05, 0.1) is 26.3 Å². The van der Waals surface area contributed by atoms with E-state index in [2.05, 4.69) is 5.32 Å². The van der Waals surface area contributed by atoms with Gasteiger partial charge in [0.25, 0.3) is 5.91 Å². The molecule has 2 bridgehead atoms. The lowest BCUT2D eigenvalue weighted by Crippen LogP contribution is -2.60. The fourth-order valence-corrected chi connectivity index (χ4v) is 6.98. The van der Waals surface area contributed by atoms with Crippen LogP contribution in [0.3, 0.4) is 0 Å². The first-order valence-electron chi connectivity index (χ1n) is 9.81. The van der Waals surface area contributed by atoms with Gasteiger partial charge in [-0.25, -0.2) is 12.8 Å². The van der Waals surface area contributed by atoms with Crippen molar-refractivity contribution in [1.82, 2.24) is 0 Å². The molecule has 2 N–H and O–H groups in total. The standard InChI is InChI=1S/C22H20ClFN2O4S/c1-22(28)14-8-15(22)10-17(9-14)31(29,30)20-7-12(2-4-18(20)23)21(27)26-16-3-5-19(24)13(6-16)11-25/h2-7,14-15,17,28H,8-10H2,1H3,(H,26,27). The van der Waals surface area contributed by atoms with Crippen molar-refractivity contribution in [2.45, 2.75) is 41.9 Å². The highest BCUT2D eigenvalue weighted by Gasteiger charge is 2.57. The summed E-state index contributed by atoms with van der Waals surface area (Å²) in [4.78, 5) is 12.5. The molecule has 31 heavy (non-hydrogen) atoms. The summed E-state index contributed by atoms with van der Waals surface area (Å²) in [6.07, 6.45) is 1.52. The van der Waals surface area contributed by atoms with Crippen molar-refractivity contribution in [1.29, 1.82) is 5.26 Å². The Morgan fingerprint density at radius 3 is 2.52 bits per heavy atom. The number of hydrogen-bond acceptors (Lipinski definition) is 5. The van der Waals surface area contributed by atoms with E-state index < -0.39 is 32.4 Å². The Balaban J connectivity index is 1.59. The Hall–Kier alpha value is -2.47. The highest BCUT2D eigenvalue weighted by molar-refractivity contribution is 7.92. The Labute approximate surface area is 184 Å². The van der Waals surface area contributed by atoms with Crippen LogP contribution >= 0.6 is 11.6 Å². The van der Waals surface area contributed by atoms with E-state index in [4.69, 9.17) is 16.9 Å². The Morgan fingerprint density at radius 2 is 1.90 bits per heavy atom. The molecular weight excluding hydrogens is 443 g/mol. The van der Waals surface area contributed by atoms with Crippen LogP contribution in [0.2, 0.25) is 5.02 Å². The molecule has 3 aliphatic rings. The molecule has 162 valence electrons. The number of benzene rings is 2. The van der Waals surface area contributed by atoms with Crippen LogP contribution in [0.4, 0.5) is 10.1 Å². The third kappa shape index (κ3) is 3.71. The normalized spacial score (nSPS) is 27.1. The third-order valence-corrected chi connectivity index (χ3v) is 9.26. The number of hydrogen-bond donors (Lipinski definition) is 2. The van der Waals surface area contributed by atoms with E-state index in [1.807, 2.05) is 0 Å². The number of halogens is 2. The van der Waals surface area contributed by atoms with Gasteiger partial charge in [0, 0.05) is 11.3 Å². The first-order chi connectivity index (χ1) is 14.5. The van der Waals surface area contributed by atoms with Gasteiger partial charge in [-0.3, -0.25) is 4.79 Å². The maximum Gasteiger partial charge on any atom is 0.255 e. The van der Waals surface area contributed by atoms with Crippen LogP contribution in [-0.2, 0) is 9.84 Å². The van der Waals surface area contributed by atoms with Gasteiger partial charge in [-0.05, 0) is 74.4 Å². The summed E-state index contributed by atoms with van der Waals surface area (Å²) in [5.74, 6) is -1.45. The lowest BCUT2D eigenvalue weighted by molar-refractivity contribution is -0.162. The van der Waals surface area contributed by atoms with Crippen LogP contribution < -0.4 is 5.32 Å². The van der Waals surface area contributed by atoms with Crippen molar-refractivity contribution in [2.75, 3.05) is 5.32 Å². The summed E-state index contributed by atoms with van der Waals surface area (Å²) >= 11 is 6.19. The molecule has 0 radical (unpaired) electrons. The zero-order chi connectivity index (χ0) is 22.6. The molecule has 6 nitrogen and oxygen atoms in total. The minimum atomic E-state index is -3.81. The number of fused-ring (bicyclic) bond motifs is 2. The lowest BCUT2D eigenvalue weighted by Gasteiger charge is -2.56. The van der Waals surface area contributed by atoms with Crippen LogP contribution in [0.15, 0.2) is 41.3 Å². The maximum absolute atomic E-state index is 13.5. The number of amides is 1. The van der Waals surface area contributed by atoms with Crippen molar-refractivity contribution in [3.8, 4) is 6.07 Å². The Kier molecular flexibility index (Phi) is 5.32. The molecule has 9 heteroatoms. The molecule has 2 unspecified atom stereocenters. The molecular formula is C22H20ClFN2O4S. The Morgan fingerprint density at radius 1 is 1.23 bits per heavy atom. The molecule has 3 aliphatic carbocycles. The molecule has 0 aromatic heterocycles. The third-order valence-electron chi connectivity index (χ3n) is 6.60. The zero-order valence-corrected chi connectivity index (χ0v) is 18.2. The second-order valence-corrected chi connectivity index (χ2v) is 11.0. The molecule has 2 aromatic carbocycles. The van der Waals surface area contributed by atoms with E-state index in [0.717, 1.165) is 12.5 Å². The molecule has 3 fully saturated rings. The van der Waals surface area contributed by atoms with Gasteiger partial charge in [-0.1, -0.05) is 11.6 Å². The number of carbonyl (C=O) groups is 1. The number of sulfone groups is 1. The van der Waals surface area contributed by atoms with Gasteiger partial charge in [0.15, 0.2) is 9.84 Å². The SMILES string of the molecule is CC1(O)C2CC1CC(S(=O)(=O)c1cc(C(=O)Nc3ccc(F)c(C#N)c3)ccc1Cl)C2. The van der Waals surface area contributed by atoms with Gasteiger partial charge in [0.1, 0.15) is 11.9 Å². The molecule has 0 saturated heterocycles. The minimum absolute atomic E-state index is 0.0242. The monoisotopic (exact) mass is 462 g/mol. The first-order valence-corrected chi connectivity index (χ1v) is 11.7. The predicted molar refractivity (Wildman–Crippen MR) is 113 cm³/mol. The number of nitrogens with zero attached hydrogens (tertiary/aromatic N) is 1. The lowest BCUT2D eigenvalue weighted by atomic mass is 9.54. The average molecular weight is 463 g/mol. The number of carbonyl (C=O) groups excluding carboxylic acids is 1. The highest BCUT2D eigenvalue weighted by atomic mass is 35.5. The van der Waals surface area contributed by atoms with E-state index in [1.54, 1.807) is 13.0 Å². The molecule has 1 amide bonds. The number of rotatable bonds is 4. The van der Waals surface area contributed by atoms with Gasteiger partial charge in [-0.2, -0.15) is 5.26 Å². The summed E-state index contributed by atoms with van der Waals surface area (Å²) in [7, 11) is -3.81. The largest absolute Gasteiger partial charge is 0.390 e. The number of aliphatic hydroxyl groups is 1. The van der Waals surface area contributed by atoms with E-state index >= 15 is 0 Å². The van der Waals surface area contributed by atoms with Crippen molar-refractivity contribution in [2.24, 2.45) is 11.8 Å². The summed E-state index contributed by atoms with van der Waals surface area (Å²) in [6, 6.07) is 9.25. The molecule has 0 heterocycles. The molecule has 2 atom stereocenters. The maximum atomic E-state index is 13.5. The van der Waals surface area contributed by atoms with Crippen molar-refractivity contribution >= 4 is 33.0 Å². The summed E-state index contributed by atoms with van der Waals surface area (Å²) < 4.78 is 40.0. The molecule has 5 rings (SSSR count). The summed E-state index contributed by atoms with van der Waals surface area (Å²) in [6.45, 7) is 1.75. The fraction of sp³-hybridized carbons (Fsp3) is 0.364. The summed E-state index contributed by atoms with van der Waals surface area (Å²) in [5, 5.41) is 21.2. The summed E-state index contributed by atoms with van der Waals surface area (Å²) in [5.41, 5.74) is -0.769. The fourth-order valence-electron chi connectivity index (χ4n) is 4.58. The number of anilines is 1. The van der Waals surface area contributed by atoms with Gasteiger partial charge in [0.2, 0.25) is 0 Å². The van der Waals surface area contributed by atoms with Gasteiger partial charge < -0.3 is 10.4 Å². The molecule has 0 spiro atoms. The average Bonchev–Trinajstić information content (AvgIpc) is 2.75. The molecule has 3 saturated carbocycles. The van der Waals surface area contributed by atoms with E-state index in [-0.39, 0.29) is 38.6 Å². The van der Waals surface area contributed by atoms with E-state index in [9.17, 15) is 22.7 Å². The van der Waals surface area contributed by atoms with E-state index in [1.165, 1.54) is 30.3 Å². The minimum Gasteiger partial charge on any atom is -0.390 e. The first kappa shape index (κ1) is 21.8. The number of nitriles is 1. The van der Waals surface area contributed by atoms with Crippen LogP contribution in [0.5, 0.6) is 0 Å². The topological polar surface area (TPSA) is 107 Å². The van der Waals surface area contributed by atoms with Crippen LogP contribution in [0.25, 0.3) is 0 Å².